The number of hydrogen-bond acceptors (Lipinski definition) is 10. The van der Waals surface area contributed by atoms with Crippen molar-refractivity contribution in [3.8, 4) is 0 Å². The predicted octanol–water partition coefficient (Wildman–Crippen LogP) is 9.05. The first-order chi connectivity index (χ1) is 26.4. The molecule has 0 aromatic heterocycles. The van der Waals surface area contributed by atoms with Gasteiger partial charge in [-0.05, 0) is 119 Å². The summed E-state index contributed by atoms with van der Waals surface area (Å²) in [5, 5.41) is 4.99. The molecule has 10 nitrogen and oxygen atoms in total. The fourth-order valence-corrected chi connectivity index (χ4v) is 9.92. The molecule has 2 saturated carbocycles. The Hall–Kier alpha value is -4.17. The predicted molar refractivity (Wildman–Crippen MR) is 212 cm³/mol. The molecule has 0 amide bonds. The third-order valence-electron chi connectivity index (χ3n) is 10.9. The van der Waals surface area contributed by atoms with E-state index < -0.39 is 24.2 Å². The lowest BCUT2D eigenvalue weighted by atomic mass is 9.60. The largest absolute Gasteiger partial charge is 0.550 e. The van der Waals surface area contributed by atoms with Gasteiger partial charge in [0.25, 0.3) is 0 Å². The molecule has 0 saturated heterocycles. The Kier molecular flexibility index (Phi) is 17.3. The van der Waals surface area contributed by atoms with Crippen LogP contribution in [0.4, 0.5) is 9.59 Å². The van der Waals surface area contributed by atoms with Gasteiger partial charge in [0.05, 0.1) is 11.1 Å². The van der Waals surface area contributed by atoms with Crippen LogP contribution in [0.1, 0.15) is 139 Å². The molecule has 0 atom stereocenters. The van der Waals surface area contributed by atoms with Crippen molar-refractivity contribution in [2.75, 3.05) is 0 Å². The molecule has 0 N–H and O–H groups in total. The Morgan fingerprint density at radius 3 is 1.22 bits per heavy atom. The summed E-state index contributed by atoms with van der Waals surface area (Å²) in [4.78, 5) is 68.6. The van der Waals surface area contributed by atoms with Crippen molar-refractivity contribution in [3.05, 3.63) is 82.2 Å². The fourth-order valence-electron chi connectivity index (χ4n) is 7.54. The van der Waals surface area contributed by atoms with Gasteiger partial charge in [-0.1, -0.05) is 98.7 Å². The standard InChI is InChI=1S/C43H56O10Si2/c1-7-11-35(9-3)54-37-25-13-29(14-26-37)39(44)50-52-41(46)48-33-21-17-31(18-22-33)43(5,6)32-19-23-34(24-20-32)49-42(47)53-51-40(45)30-15-27-38(28-16-30)55-36(10-4)12-8-2/h11-16,25-28,31-34H,7-10,17-24H2,1-6H3/b35-11+,36-12+. The van der Waals surface area contributed by atoms with Crippen LogP contribution in [-0.2, 0) is 29.0 Å². The summed E-state index contributed by atoms with van der Waals surface area (Å²) < 4.78 is 11.0. The summed E-state index contributed by atoms with van der Waals surface area (Å²) in [6, 6.07) is 14.2. The second-order valence-electron chi connectivity index (χ2n) is 14.8. The van der Waals surface area contributed by atoms with Crippen LogP contribution in [0.2, 0.25) is 0 Å². The molecule has 2 aromatic rings. The van der Waals surface area contributed by atoms with E-state index in [0.29, 0.717) is 67.7 Å². The van der Waals surface area contributed by atoms with Crippen molar-refractivity contribution in [1.82, 2.24) is 0 Å². The molecule has 4 rings (SSSR count). The number of hydrogen-bond donors (Lipinski definition) is 0. The Morgan fingerprint density at radius 1 is 0.564 bits per heavy atom. The smallest absolute Gasteiger partial charge is 0.428 e. The summed E-state index contributed by atoms with van der Waals surface area (Å²) in [5.74, 6) is -0.649. The molecule has 0 aliphatic heterocycles. The topological polar surface area (TPSA) is 124 Å². The number of carbonyl (C=O) groups excluding carboxylic acids is 4. The van der Waals surface area contributed by atoms with Gasteiger partial charge < -0.3 is 9.47 Å². The zero-order valence-electron chi connectivity index (χ0n) is 33.2. The normalized spacial score (nSPS) is 20.5. The highest BCUT2D eigenvalue weighted by Gasteiger charge is 2.41. The third kappa shape index (κ3) is 13.5. The maximum atomic E-state index is 12.5. The number of ether oxygens (including phenoxy) is 2. The highest BCUT2D eigenvalue weighted by Crippen LogP contribution is 2.49. The minimum atomic E-state index is -1.02. The van der Waals surface area contributed by atoms with Crippen molar-refractivity contribution in [1.29, 1.82) is 0 Å². The second kappa shape index (κ2) is 21.8. The molecule has 55 heavy (non-hydrogen) atoms. The number of carbonyl (C=O) groups is 4. The van der Waals surface area contributed by atoms with Gasteiger partial charge in [-0.15, -0.1) is 0 Å². The Balaban J connectivity index is 1.11. The van der Waals surface area contributed by atoms with E-state index in [2.05, 4.69) is 53.7 Å². The van der Waals surface area contributed by atoms with Gasteiger partial charge in [0.1, 0.15) is 31.2 Å². The SMILES string of the molecule is CC/C=C(\CC)[Si]c1ccc(C(=O)OOC(=O)OC2CCC(C(C)(C)C3CCC(OC(=O)OOC(=O)c4ccc([Si]/C(=C/CC)CC)cc4)CC3)CC2)cc1. The van der Waals surface area contributed by atoms with Crippen molar-refractivity contribution in [3.63, 3.8) is 0 Å². The van der Waals surface area contributed by atoms with E-state index in [4.69, 9.17) is 29.0 Å². The Morgan fingerprint density at radius 2 is 0.909 bits per heavy atom. The first kappa shape index (κ1) is 43.6. The maximum absolute atomic E-state index is 12.5. The average Bonchev–Trinajstić information content (AvgIpc) is 3.19. The molecule has 2 aliphatic carbocycles. The lowest BCUT2D eigenvalue weighted by molar-refractivity contribution is -0.209. The van der Waals surface area contributed by atoms with Gasteiger partial charge in [0.2, 0.25) is 0 Å². The van der Waals surface area contributed by atoms with Gasteiger partial charge >= 0.3 is 24.2 Å². The van der Waals surface area contributed by atoms with Gasteiger partial charge in [-0.3, -0.25) is 0 Å². The van der Waals surface area contributed by atoms with Gasteiger partial charge in [0, 0.05) is 0 Å². The van der Waals surface area contributed by atoms with Crippen LogP contribution in [0.25, 0.3) is 0 Å². The maximum Gasteiger partial charge on any atom is 0.550 e. The molecule has 296 valence electrons. The minimum absolute atomic E-state index is 0.0307. The molecular weight excluding hydrogens is 733 g/mol. The van der Waals surface area contributed by atoms with E-state index in [1.165, 1.54) is 10.4 Å². The van der Waals surface area contributed by atoms with E-state index in [1.807, 2.05) is 24.3 Å². The molecule has 2 aromatic carbocycles. The summed E-state index contributed by atoms with van der Waals surface area (Å²) in [6.45, 7) is 13.1. The molecule has 4 radical (unpaired) electrons. The van der Waals surface area contributed by atoms with E-state index in [1.54, 1.807) is 24.3 Å². The average molecular weight is 789 g/mol. The zero-order chi connectivity index (χ0) is 39.8. The van der Waals surface area contributed by atoms with Crippen LogP contribution in [0.15, 0.2) is 71.1 Å². The molecule has 2 aliphatic rings. The first-order valence-corrected chi connectivity index (χ1v) is 21.8. The summed E-state index contributed by atoms with van der Waals surface area (Å²) >= 11 is 0. The van der Waals surface area contributed by atoms with Crippen LogP contribution in [-0.4, -0.2) is 55.5 Å². The van der Waals surface area contributed by atoms with Gasteiger partial charge in [-0.2, -0.15) is 9.59 Å². The van der Waals surface area contributed by atoms with Gasteiger partial charge in [-0.25, -0.2) is 29.1 Å². The highest BCUT2D eigenvalue weighted by atomic mass is 28.2. The van der Waals surface area contributed by atoms with Crippen molar-refractivity contribution < 1.29 is 48.2 Å². The van der Waals surface area contributed by atoms with E-state index in [9.17, 15) is 19.2 Å². The van der Waals surface area contributed by atoms with Crippen molar-refractivity contribution in [2.24, 2.45) is 17.3 Å². The van der Waals surface area contributed by atoms with Crippen LogP contribution < -0.4 is 10.4 Å². The highest BCUT2D eigenvalue weighted by molar-refractivity contribution is 6.61. The lowest BCUT2D eigenvalue weighted by Crippen LogP contribution is -2.39. The van der Waals surface area contributed by atoms with Crippen molar-refractivity contribution >= 4 is 53.7 Å². The summed E-state index contributed by atoms with van der Waals surface area (Å²) in [7, 11) is 1.10. The van der Waals surface area contributed by atoms with Crippen LogP contribution in [0.3, 0.4) is 0 Å². The molecule has 0 heterocycles. The number of allylic oxidation sites excluding steroid dienone is 4. The zero-order valence-corrected chi connectivity index (χ0v) is 35.2. The number of benzene rings is 2. The lowest BCUT2D eigenvalue weighted by Gasteiger charge is -2.46. The molecule has 0 bridgehead atoms. The van der Waals surface area contributed by atoms with E-state index in [-0.39, 0.29) is 17.6 Å². The second-order valence-corrected chi connectivity index (χ2v) is 17.7. The minimum Gasteiger partial charge on any atom is -0.428 e. The first-order valence-electron chi connectivity index (χ1n) is 19.8. The number of rotatable bonds is 14. The third-order valence-corrected chi connectivity index (χ3v) is 13.9. The molecule has 0 spiro atoms. The Labute approximate surface area is 331 Å². The van der Waals surface area contributed by atoms with Crippen LogP contribution in [0, 0.1) is 17.3 Å². The quantitative estimate of drug-likeness (QED) is 0.0793. The molecule has 12 heteroatoms. The van der Waals surface area contributed by atoms with Crippen molar-refractivity contribution in [2.45, 2.75) is 131 Å². The fraction of sp³-hybridized carbons (Fsp3) is 0.535. The summed E-state index contributed by atoms with van der Waals surface area (Å²) in [6.07, 6.45) is 12.1. The van der Waals surface area contributed by atoms with E-state index in [0.717, 1.165) is 61.7 Å². The molecule has 2 fully saturated rings. The Bertz CT molecular complexity index is 1500. The monoisotopic (exact) mass is 788 g/mol. The van der Waals surface area contributed by atoms with E-state index >= 15 is 0 Å². The molecule has 0 unspecified atom stereocenters. The van der Waals surface area contributed by atoms with Gasteiger partial charge in [0.15, 0.2) is 0 Å². The van der Waals surface area contributed by atoms with Crippen LogP contribution in [0.5, 0.6) is 0 Å². The molecular formula is C43H56O10Si2. The van der Waals surface area contributed by atoms with Crippen LogP contribution >= 0.6 is 0 Å². The summed E-state index contributed by atoms with van der Waals surface area (Å²) in [5.41, 5.74) is 0.617.